The van der Waals surface area contributed by atoms with Gasteiger partial charge >= 0.3 is 5.69 Å². The minimum absolute atomic E-state index is 0.300. The zero-order valence-corrected chi connectivity index (χ0v) is 10.8. The van der Waals surface area contributed by atoms with Crippen LogP contribution in [0.2, 0.25) is 0 Å². The lowest BCUT2D eigenvalue weighted by Crippen LogP contribution is -2.33. The fourth-order valence-corrected chi connectivity index (χ4v) is 1.58. The second-order valence-electron chi connectivity index (χ2n) is 4.18. The lowest BCUT2D eigenvalue weighted by molar-refractivity contribution is -0.132. The van der Waals surface area contributed by atoms with Gasteiger partial charge in [0.1, 0.15) is 18.3 Å². The van der Waals surface area contributed by atoms with Crippen molar-refractivity contribution < 1.29 is 25.2 Å². The quantitative estimate of drug-likeness (QED) is 0.340. The van der Waals surface area contributed by atoms with E-state index in [-0.39, 0.29) is 5.56 Å². The van der Waals surface area contributed by atoms with E-state index in [1.54, 1.807) is 0 Å². The Balaban J connectivity index is 0.000000200. The molecule has 1 aromatic rings. The van der Waals surface area contributed by atoms with E-state index in [4.69, 9.17) is 20.4 Å². The molecule has 2 rings (SSSR count). The maximum absolute atomic E-state index is 10.8. The highest BCUT2D eigenvalue weighted by Gasteiger charge is 2.41. The maximum atomic E-state index is 10.8. The predicted molar refractivity (Wildman–Crippen MR) is 67.0 cm³/mol. The summed E-state index contributed by atoms with van der Waals surface area (Å²) in [5, 5.41) is 35.0. The minimum Gasteiger partial charge on any atom is -0.394 e. The van der Waals surface area contributed by atoms with Crippen molar-refractivity contribution in [2.75, 3.05) is 6.61 Å². The van der Waals surface area contributed by atoms with Crippen LogP contribution in [-0.4, -0.2) is 61.6 Å². The number of H-pyrrole nitrogens is 2. The second kappa shape index (κ2) is 7.31. The Hall–Kier alpha value is -1.52. The number of ether oxygens (including phenoxy) is 1. The number of rotatable bonds is 2. The van der Waals surface area contributed by atoms with E-state index in [2.05, 4.69) is 14.7 Å². The summed E-state index contributed by atoms with van der Waals surface area (Å²) in [6, 6.07) is 0. The Morgan fingerprint density at radius 1 is 1.25 bits per heavy atom. The van der Waals surface area contributed by atoms with E-state index < -0.39 is 36.9 Å². The Morgan fingerprint density at radius 3 is 2.25 bits per heavy atom. The fourth-order valence-electron chi connectivity index (χ4n) is 1.58. The normalized spacial score (nSPS) is 28.9. The standard InChI is InChI=1S/C6H8N2O2.C5H10O5/c1-2-4-3-7-6(10)8-5(4)9;6-1-2-3(7)4(8)5(9)10-2/h3H,2H2,1H3,(H2,7,8,9,10);2-9H,1H2/t;2-,3-,4+,5?/m.1/s1. The molecule has 1 aliphatic rings. The largest absolute Gasteiger partial charge is 0.394 e. The minimum atomic E-state index is -1.38. The van der Waals surface area contributed by atoms with Gasteiger partial charge < -0.3 is 30.1 Å². The third-order valence-corrected chi connectivity index (χ3v) is 2.79. The number of nitrogens with one attached hydrogen (secondary N) is 2. The van der Waals surface area contributed by atoms with Crippen LogP contribution in [0.25, 0.3) is 0 Å². The molecule has 9 heteroatoms. The van der Waals surface area contributed by atoms with Gasteiger partial charge in [-0.25, -0.2) is 4.79 Å². The summed E-state index contributed by atoms with van der Waals surface area (Å²) in [4.78, 5) is 25.7. The third-order valence-electron chi connectivity index (χ3n) is 2.79. The van der Waals surface area contributed by atoms with Gasteiger partial charge in [0, 0.05) is 11.8 Å². The van der Waals surface area contributed by atoms with Crippen molar-refractivity contribution in [1.29, 1.82) is 0 Å². The van der Waals surface area contributed by atoms with Crippen LogP contribution in [0.4, 0.5) is 0 Å². The smallest absolute Gasteiger partial charge is 0.325 e. The molecule has 1 fully saturated rings. The number of aromatic amines is 2. The van der Waals surface area contributed by atoms with Crippen molar-refractivity contribution >= 4 is 0 Å². The Labute approximate surface area is 113 Å². The van der Waals surface area contributed by atoms with Gasteiger partial charge in [-0.3, -0.25) is 9.78 Å². The summed E-state index contributed by atoms with van der Waals surface area (Å²) in [5.41, 5.74) is -0.159. The first-order valence-corrected chi connectivity index (χ1v) is 6.02. The predicted octanol–water partition coefficient (Wildman–Crippen LogP) is -2.96. The molecule has 0 amide bonds. The van der Waals surface area contributed by atoms with Crippen molar-refractivity contribution in [1.82, 2.24) is 9.97 Å². The van der Waals surface area contributed by atoms with Crippen LogP contribution in [-0.2, 0) is 11.2 Å². The molecule has 6 N–H and O–H groups in total. The monoisotopic (exact) mass is 290 g/mol. The summed E-state index contributed by atoms with van der Waals surface area (Å²) in [6.07, 6.45) is -2.69. The number of hydrogen-bond donors (Lipinski definition) is 6. The van der Waals surface area contributed by atoms with Gasteiger partial charge in [0.25, 0.3) is 5.56 Å². The Morgan fingerprint density at radius 2 is 1.90 bits per heavy atom. The second-order valence-corrected chi connectivity index (χ2v) is 4.18. The summed E-state index contributed by atoms with van der Waals surface area (Å²) < 4.78 is 4.54. The first-order chi connectivity index (χ1) is 9.40. The van der Waals surface area contributed by atoms with Gasteiger partial charge in [0.15, 0.2) is 6.29 Å². The van der Waals surface area contributed by atoms with Gasteiger partial charge in [0.2, 0.25) is 0 Å². The lowest BCUT2D eigenvalue weighted by Gasteiger charge is -2.09. The van der Waals surface area contributed by atoms with E-state index in [1.807, 2.05) is 6.92 Å². The first-order valence-electron chi connectivity index (χ1n) is 6.02. The highest BCUT2D eigenvalue weighted by molar-refractivity contribution is 5.01. The molecule has 2 heterocycles. The van der Waals surface area contributed by atoms with E-state index in [0.717, 1.165) is 0 Å². The van der Waals surface area contributed by atoms with E-state index >= 15 is 0 Å². The van der Waals surface area contributed by atoms with Crippen LogP contribution in [0.3, 0.4) is 0 Å². The molecule has 0 radical (unpaired) electrons. The molecule has 0 bridgehead atoms. The van der Waals surface area contributed by atoms with E-state index in [1.165, 1.54) is 6.20 Å². The number of aromatic nitrogens is 2. The van der Waals surface area contributed by atoms with Crippen molar-refractivity contribution in [2.24, 2.45) is 0 Å². The molecule has 0 saturated carbocycles. The van der Waals surface area contributed by atoms with E-state index in [9.17, 15) is 9.59 Å². The number of aliphatic hydroxyl groups excluding tert-OH is 4. The molecule has 0 aliphatic carbocycles. The van der Waals surface area contributed by atoms with Crippen LogP contribution in [0, 0.1) is 0 Å². The first kappa shape index (κ1) is 16.5. The topological polar surface area (TPSA) is 156 Å². The summed E-state index contributed by atoms with van der Waals surface area (Å²) in [7, 11) is 0. The number of hydrogen-bond acceptors (Lipinski definition) is 7. The molecular weight excluding hydrogens is 272 g/mol. The average Bonchev–Trinajstić information content (AvgIpc) is 2.67. The highest BCUT2D eigenvalue weighted by atomic mass is 16.6. The molecule has 4 atom stereocenters. The zero-order valence-electron chi connectivity index (χ0n) is 10.8. The molecule has 0 spiro atoms. The molecule has 114 valence electrons. The Bertz CT molecular complexity index is 526. The van der Waals surface area contributed by atoms with Gasteiger partial charge in [-0.1, -0.05) is 6.92 Å². The number of aryl methyl sites for hydroxylation is 1. The lowest BCUT2D eigenvalue weighted by atomic mass is 10.1. The highest BCUT2D eigenvalue weighted by Crippen LogP contribution is 2.18. The zero-order chi connectivity index (χ0) is 15.3. The summed E-state index contributed by atoms with van der Waals surface area (Å²) in [5.74, 6) is 0. The summed E-state index contributed by atoms with van der Waals surface area (Å²) in [6.45, 7) is 1.44. The van der Waals surface area contributed by atoms with Crippen molar-refractivity contribution in [3.63, 3.8) is 0 Å². The van der Waals surface area contributed by atoms with Crippen LogP contribution in [0.15, 0.2) is 15.8 Å². The van der Waals surface area contributed by atoms with Gasteiger partial charge in [-0.05, 0) is 6.42 Å². The fraction of sp³-hybridized carbons (Fsp3) is 0.636. The van der Waals surface area contributed by atoms with Crippen LogP contribution in [0.5, 0.6) is 0 Å². The molecule has 20 heavy (non-hydrogen) atoms. The number of aliphatic hydroxyl groups is 4. The SMILES string of the molecule is CCc1c[nH]c(=O)[nH]c1=O.OC[C@H]1OC(O)[C@@H](O)[C@@H]1O. The van der Waals surface area contributed by atoms with Crippen LogP contribution in [0.1, 0.15) is 12.5 Å². The molecule has 1 unspecified atom stereocenters. The van der Waals surface area contributed by atoms with Crippen molar-refractivity contribution in [2.45, 2.75) is 37.9 Å². The molecule has 0 aromatic carbocycles. The van der Waals surface area contributed by atoms with Crippen molar-refractivity contribution in [3.8, 4) is 0 Å². The van der Waals surface area contributed by atoms with Crippen LogP contribution < -0.4 is 11.2 Å². The molecular formula is C11H18N2O7. The van der Waals surface area contributed by atoms with E-state index in [0.29, 0.717) is 12.0 Å². The van der Waals surface area contributed by atoms with Crippen LogP contribution >= 0.6 is 0 Å². The average molecular weight is 290 g/mol. The maximum Gasteiger partial charge on any atom is 0.325 e. The van der Waals surface area contributed by atoms with Gasteiger partial charge in [-0.2, -0.15) is 0 Å². The van der Waals surface area contributed by atoms with Gasteiger partial charge in [-0.15, -0.1) is 0 Å². The Kier molecular flexibility index (Phi) is 6.05. The molecule has 1 saturated heterocycles. The molecule has 1 aliphatic heterocycles. The summed E-state index contributed by atoms with van der Waals surface area (Å²) >= 11 is 0. The van der Waals surface area contributed by atoms with Crippen molar-refractivity contribution in [3.05, 3.63) is 32.6 Å². The molecule has 9 nitrogen and oxygen atoms in total. The van der Waals surface area contributed by atoms with Gasteiger partial charge in [0.05, 0.1) is 6.61 Å². The molecule has 1 aromatic heterocycles. The third kappa shape index (κ3) is 3.99.